The molecule has 1 amide bonds. The van der Waals surface area contributed by atoms with Gasteiger partial charge in [-0.3, -0.25) is 4.79 Å². The number of amides is 1. The molecule has 0 saturated carbocycles. The Balaban J connectivity index is 1.71. The molecule has 0 fully saturated rings. The second-order valence-corrected chi connectivity index (χ2v) is 9.15. The first-order chi connectivity index (χ1) is 14.0. The van der Waals surface area contributed by atoms with Crippen LogP contribution in [0.15, 0.2) is 51.8 Å². The minimum Gasteiger partial charge on any atom is -0.455 e. The first-order valence-electron chi connectivity index (χ1n) is 9.17. The maximum absolute atomic E-state index is 13.2. The van der Waals surface area contributed by atoms with E-state index < -0.39 is 33.1 Å². The molecule has 0 aliphatic heterocycles. The molecule has 1 aromatic heterocycles. The molecule has 1 N–H and O–H groups in total. The van der Waals surface area contributed by atoms with Crippen LogP contribution in [-0.4, -0.2) is 14.3 Å². The number of nitrogens with one attached hydrogen (secondary N) is 1. The van der Waals surface area contributed by atoms with E-state index in [4.69, 9.17) is 4.42 Å². The molecule has 3 rings (SSSR count). The van der Waals surface area contributed by atoms with Crippen molar-refractivity contribution in [3.05, 3.63) is 87.9 Å². The molecule has 0 saturated heterocycles. The fourth-order valence-corrected chi connectivity index (χ4v) is 4.69. The number of sulfone groups is 1. The average molecular weight is 433 g/mol. The molecule has 2 aromatic carbocycles. The lowest BCUT2D eigenvalue weighted by Crippen LogP contribution is -2.22. The largest absolute Gasteiger partial charge is 0.455 e. The Bertz CT molecular complexity index is 1200. The van der Waals surface area contributed by atoms with Crippen molar-refractivity contribution in [2.75, 3.05) is 0 Å². The van der Waals surface area contributed by atoms with Crippen molar-refractivity contribution >= 4 is 15.7 Å². The van der Waals surface area contributed by atoms with Crippen molar-refractivity contribution in [1.82, 2.24) is 5.32 Å². The van der Waals surface area contributed by atoms with Gasteiger partial charge < -0.3 is 9.73 Å². The number of benzene rings is 2. The van der Waals surface area contributed by atoms with E-state index in [1.807, 2.05) is 19.9 Å². The fraction of sp³-hybridized carbons (Fsp3) is 0.227. The highest BCUT2D eigenvalue weighted by Crippen LogP contribution is 2.24. The number of carbonyl (C=O) groups is 1. The van der Waals surface area contributed by atoms with Gasteiger partial charge in [0.2, 0.25) is 0 Å². The van der Waals surface area contributed by atoms with Crippen molar-refractivity contribution in [2.24, 2.45) is 0 Å². The van der Waals surface area contributed by atoms with Gasteiger partial charge >= 0.3 is 0 Å². The summed E-state index contributed by atoms with van der Waals surface area (Å²) in [5, 5.41) is 2.48. The van der Waals surface area contributed by atoms with E-state index in [-0.39, 0.29) is 28.5 Å². The van der Waals surface area contributed by atoms with Crippen molar-refractivity contribution < 1.29 is 26.4 Å². The molecule has 1 heterocycles. The Hall–Kier alpha value is -3.00. The van der Waals surface area contributed by atoms with E-state index in [1.165, 1.54) is 12.1 Å². The average Bonchev–Trinajstić information content (AvgIpc) is 3.09. The predicted octanol–water partition coefficient (Wildman–Crippen LogP) is 4.39. The zero-order valence-electron chi connectivity index (χ0n) is 16.8. The number of furan rings is 1. The van der Waals surface area contributed by atoms with Crippen LogP contribution in [0.4, 0.5) is 8.78 Å². The van der Waals surface area contributed by atoms with E-state index in [1.54, 1.807) is 13.0 Å². The van der Waals surface area contributed by atoms with Crippen LogP contribution in [0.25, 0.3) is 0 Å². The molecule has 0 bridgehead atoms. The number of halogens is 2. The third kappa shape index (κ3) is 4.94. The molecule has 0 atom stereocenters. The van der Waals surface area contributed by atoms with Gasteiger partial charge in [0.05, 0.1) is 4.90 Å². The standard InChI is InChI=1S/C22H21F2NO4S/c1-13-6-15(3)21(7-14(13)2)30(27,28)12-19-4-5-20(29-19)22(26)25-11-16-8-17(23)10-18(24)9-16/h4-10H,11-12H2,1-3H3,(H,25,26). The number of hydrogen-bond acceptors (Lipinski definition) is 4. The summed E-state index contributed by atoms with van der Waals surface area (Å²) in [6.07, 6.45) is 0. The first-order valence-corrected chi connectivity index (χ1v) is 10.8. The Kier molecular flexibility index (Phi) is 6.07. The minimum absolute atomic E-state index is 0.0890. The summed E-state index contributed by atoms with van der Waals surface area (Å²) in [5.41, 5.74) is 2.76. The molecule has 0 spiro atoms. The van der Waals surface area contributed by atoms with Gasteiger partial charge in [0.15, 0.2) is 15.6 Å². The van der Waals surface area contributed by atoms with Crippen LogP contribution < -0.4 is 5.32 Å². The summed E-state index contributed by atoms with van der Waals surface area (Å²) >= 11 is 0. The molecule has 0 aliphatic carbocycles. The second kappa shape index (κ2) is 8.39. The molecule has 158 valence electrons. The molecule has 30 heavy (non-hydrogen) atoms. The molecule has 8 heteroatoms. The minimum atomic E-state index is -3.67. The van der Waals surface area contributed by atoms with Crippen molar-refractivity contribution in [1.29, 1.82) is 0 Å². The molecular weight excluding hydrogens is 412 g/mol. The summed E-state index contributed by atoms with van der Waals surface area (Å²) < 4.78 is 57.5. The molecule has 0 aliphatic rings. The monoisotopic (exact) mass is 433 g/mol. The summed E-state index contributed by atoms with van der Waals surface area (Å²) in [6, 6.07) is 9.18. The third-order valence-electron chi connectivity index (χ3n) is 4.72. The predicted molar refractivity (Wildman–Crippen MR) is 108 cm³/mol. The highest BCUT2D eigenvalue weighted by atomic mass is 32.2. The van der Waals surface area contributed by atoms with Gasteiger partial charge in [0.1, 0.15) is 23.1 Å². The quantitative estimate of drug-likeness (QED) is 0.626. The Morgan fingerprint density at radius 1 is 0.933 bits per heavy atom. The van der Waals surface area contributed by atoms with E-state index in [0.717, 1.165) is 29.3 Å². The third-order valence-corrected chi connectivity index (χ3v) is 6.49. The van der Waals surface area contributed by atoms with Crippen molar-refractivity contribution in [3.63, 3.8) is 0 Å². The van der Waals surface area contributed by atoms with Crippen LogP contribution in [0.5, 0.6) is 0 Å². The molecule has 0 unspecified atom stereocenters. The molecule has 5 nitrogen and oxygen atoms in total. The van der Waals surface area contributed by atoms with E-state index in [0.29, 0.717) is 5.56 Å². The second-order valence-electron chi connectivity index (χ2n) is 7.19. The lowest BCUT2D eigenvalue weighted by molar-refractivity contribution is 0.0921. The van der Waals surface area contributed by atoms with E-state index >= 15 is 0 Å². The van der Waals surface area contributed by atoms with Crippen molar-refractivity contribution in [3.8, 4) is 0 Å². The van der Waals surface area contributed by atoms with Crippen LogP contribution in [0.2, 0.25) is 0 Å². The first kappa shape index (κ1) is 21.7. The van der Waals surface area contributed by atoms with Crippen LogP contribution in [0, 0.1) is 32.4 Å². The molecule has 3 aromatic rings. The maximum atomic E-state index is 13.2. The Morgan fingerprint density at radius 3 is 2.23 bits per heavy atom. The van der Waals surface area contributed by atoms with Crippen LogP contribution in [-0.2, 0) is 22.1 Å². The zero-order valence-corrected chi connectivity index (χ0v) is 17.6. The fourth-order valence-electron chi connectivity index (χ4n) is 3.09. The number of rotatable bonds is 6. The summed E-state index contributed by atoms with van der Waals surface area (Å²) in [7, 11) is -3.67. The van der Waals surface area contributed by atoms with E-state index in [2.05, 4.69) is 5.32 Å². The highest BCUT2D eigenvalue weighted by molar-refractivity contribution is 7.90. The number of carbonyl (C=O) groups excluding carboxylic acids is 1. The van der Waals surface area contributed by atoms with Crippen molar-refractivity contribution in [2.45, 2.75) is 38.0 Å². The van der Waals surface area contributed by atoms with Gasteiger partial charge in [-0.1, -0.05) is 6.07 Å². The smallest absolute Gasteiger partial charge is 0.287 e. The topological polar surface area (TPSA) is 76.4 Å². The van der Waals surface area contributed by atoms with E-state index in [9.17, 15) is 22.0 Å². The maximum Gasteiger partial charge on any atom is 0.287 e. The van der Waals surface area contributed by atoms with Gasteiger partial charge in [0, 0.05) is 12.6 Å². The summed E-state index contributed by atoms with van der Waals surface area (Å²) in [6.45, 7) is 5.38. The summed E-state index contributed by atoms with van der Waals surface area (Å²) in [5.74, 6) is -2.47. The lowest BCUT2D eigenvalue weighted by Gasteiger charge is -2.10. The summed E-state index contributed by atoms with van der Waals surface area (Å²) in [4.78, 5) is 12.5. The number of hydrogen-bond donors (Lipinski definition) is 1. The zero-order chi connectivity index (χ0) is 22.1. The van der Waals surface area contributed by atoms with Crippen LogP contribution in [0.1, 0.15) is 38.6 Å². The normalized spacial score (nSPS) is 11.5. The molecule has 0 radical (unpaired) electrons. The SMILES string of the molecule is Cc1cc(C)c(S(=O)(=O)Cc2ccc(C(=O)NCc3cc(F)cc(F)c3)o2)cc1C. The van der Waals surface area contributed by atoms with Gasteiger partial charge in [-0.2, -0.15) is 0 Å². The Morgan fingerprint density at radius 2 is 1.57 bits per heavy atom. The lowest BCUT2D eigenvalue weighted by atomic mass is 10.1. The van der Waals surface area contributed by atoms with Crippen LogP contribution in [0.3, 0.4) is 0 Å². The highest BCUT2D eigenvalue weighted by Gasteiger charge is 2.22. The molecular formula is C22H21F2NO4S. The van der Waals surface area contributed by atoms with Gasteiger partial charge in [-0.05, 0) is 73.4 Å². The van der Waals surface area contributed by atoms with Gasteiger partial charge in [-0.25, -0.2) is 17.2 Å². The van der Waals surface area contributed by atoms with Gasteiger partial charge in [0.25, 0.3) is 5.91 Å². The number of aryl methyl sites for hydroxylation is 3. The van der Waals surface area contributed by atoms with Gasteiger partial charge in [-0.15, -0.1) is 0 Å². The Labute approximate surface area is 173 Å². The van der Waals surface area contributed by atoms with Crippen LogP contribution >= 0.6 is 0 Å².